The summed E-state index contributed by atoms with van der Waals surface area (Å²) in [6.45, 7) is 5.82. The molecule has 28 heavy (non-hydrogen) atoms. The highest BCUT2D eigenvalue weighted by Crippen LogP contribution is 2.24. The van der Waals surface area contributed by atoms with Crippen LogP contribution in [0.25, 0.3) is 10.9 Å². The van der Waals surface area contributed by atoms with Crippen molar-refractivity contribution in [1.29, 1.82) is 0 Å². The van der Waals surface area contributed by atoms with Crippen LogP contribution in [0.4, 0.5) is 5.69 Å². The molecule has 144 valence electrons. The van der Waals surface area contributed by atoms with Crippen LogP contribution >= 0.6 is 15.9 Å². The van der Waals surface area contributed by atoms with Crippen molar-refractivity contribution in [2.24, 2.45) is 5.10 Å². The van der Waals surface area contributed by atoms with Crippen LogP contribution in [0.3, 0.4) is 0 Å². The third kappa shape index (κ3) is 4.14. The van der Waals surface area contributed by atoms with E-state index in [1.54, 1.807) is 25.3 Å². The molecule has 0 N–H and O–H groups in total. The molecule has 1 heterocycles. The van der Waals surface area contributed by atoms with Crippen LogP contribution in [-0.2, 0) is 0 Å². The molecule has 0 fully saturated rings. The van der Waals surface area contributed by atoms with Gasteiger partial charge in [0.15, 0.2) is 0 Å². The van der Waals surface area contributed by atoms with Gasteiger partial charge in [-0.15, -0.1) is 0 Å². The fourth-order valence-corrected chi connectivity index (χ4v) is 3.06. The largest absolute Gasteiger partial charge is 0.489 e. The maximum atomic E-state index is 12.9. The maximum absolute atomic E-state index is 12.9. The highest BCUT2D eigenvalue weighted by molar-refractivity contribution is 9.10. The SMILES string of the molecule is C=CCOc1cc(N(C)C)ccc1C=Nn1c(C)nc2ccc(Br)cc2c1=O. The van der Waals surface area contributed by atoms with Crippen LogP contribution in [0.1, 0.15) is 11.4 Å². The number of benzene rings is 2. The summed E-state index contributed by atoms with van der Waals surface area (Å²) in [5.74, 6) is 1.17. The maximum Gasteiger partial charge on any atom is 0.282 e. The molecule has 0 saturated carbocycles. The first-order valence-corrected chi connectivity index (χ1v) is 9.48. The lowest BCUT2D eigenvalue weighted by Gasteiger charge is -2.15. The number of halogens is 1. The van der Waals surface area contributed by atoms with Crippen LogP contribution in [0, 0.1) is 6.92 Å². The first kappa shape index (κ1) is 19.8. The van der Waals surface area contributed by atoms with Crippen molar-refractivity contribution in [1.82, 2.24) is 9.66 Å². The van der Waals surface area contributed by atoms with Gasteiger partial charge in [0, 0.05) is 35.9 Å². The molecule has 3 aromatic rings. The molecule has 3 rings (SSSR count). The molecule has 2 aromatic carbocycles. The first-order chi connectivity index (χ1) is 13.4. The van der Waals surface area contributed by atoms with Crippen molar-refractivity contribution in [2.75, 3.05) is 25.6 Å². The Kier molecular flexibility index (Phi) is 5.94. The molecule has 0 aliphatic carbocycles. The van der Waals surface area contributed by atoms with E-state index in [-0.39, 0.29) is 5.56 Å². The Morgan fingerprint density at radius 1 is 1.29 bits per heavy atom. The predicted molar refractivity (Wildman–Crippen MR) is 118 cm³/mol. The number of rotatable bonds is 6. The molecule has 0 aliphatic rings. The Morgan fingerprint density at radius 2 is 2.07 bits per heavy atom. The van der Waals surface area contributed by atoms with Gasteiger partial charge >= 0.3 is 0 Å². The van der Waals surface area contributed by atoms with Crippen molar-refractivity contribution in [3.63, 3.8) is 0 Å². The number of anilines is 1. The first-order valence-electron chi connectivity index (χ1n) is 8.69. The zero-order chi connectivity index (χ0) is 20.3. The second-order valence-electron chi connectivity index (χ2n) is 6.40. The summed E-state index contributed by atoms with van der Waals surface area (Å²) in [4.78, 5) is 19.3. The van der Waals surface area contributed by atoms with Crippen LogP contribution in [0.5, 0.6) is 5.75 Å². The quantitative estimate of drug-likeness (QED) is 0.429. The van der Waals surface area contributed by atoms with E-state index in [2.05, 4.69) is 32.6 Å². The van der Waals surface area contributed by atoms with Crippen molar-refractivity contribution in [3.05, 3.63) is 75.3 Å². The van der Waals surface area contributed by atoms with Crippen molar-refractivity contribution >= 4 is 38.7 Å². The van der Waals surface area contributed by atoms with Gasteiger partial charge in [-0.3, -0.25) is 4.79 Å². The Hall–Kier alpha value is -2.93. The summed E-state index contributed by atoms with van der Waals surface area (Å²) in [5, 5.41) is 4.88. The minimum Gasteiger partial charge on any atom is -0.489 e. The van der Waals surface area contributed by atoms with Gasteiger partial charge in [0.1, 0.15) is 18.2 Å². The van der Waals surface area contributed by atoms with E-state index in [9.17, 15) is 4.79 Å². The Balaban J connectivity index is 2.06. The average molecular weight is 441 g/mol. The molecule has 0 aliphatic heterocycles. The molecule has 1 aromatic heterocycles. The predicted octanol–water partition coefficient (Wildman–Crippen LogP) is 3.98. The lowest BCUT2D eigenvalue weighted by Crippen LogP contribution is -2.20. The zero-order valence-electron chi connectivity index (χ0n) is 16.0. The molecule has 0 saturated heterocycles. The van der Waals surface area contributed by atoms with Gasteiger partial charge in [0.2, 0.25) is 0 Å². The van der Waals surface area contributed by atoms with Crippen molar-refractivity contribution in [2.45, 2.75) is 6.92 Å². The fourth-order valence-electron chi connectivity index (χ4n) is 2.70. The molecule has 0 radical (unpaired) electrons. The molecular formula is C21H21BrN4O2. The molecule has 6 nitrogen and oxygen atoms in total. The van der Waals surface area contributed by atoms with Gasteiger partial charge < -0.3 is 9.64 Å². The number of nitrogens with zero attached hydrogens (tertiary/aromatic N) is 4. The Morgan fingerprint density at radius 3 is 2.79 bits per heavy atom. The minimum absolute atomic E-state index is 0.224. The standard InChI is InChI=1S/C21H21BrN4O2/c1-5-10-28-20-12-17(25(3)4)8-6-15(20)13-23-26-14(2)24-19-9-7-16(22)11-18(19)21(26)27/h5-9,11-13H,1,10H2,2-4H3. The number of hydrogen-bond acceptors (Lipinski definition) is 5. The smallest absolute Gasteiger partial charge is 0.282 e. The van der Waals surface area contributed by atoms with Crippen LogP contribution in [0.15, 0.2) is 63.4 Å². The highest BCUT2D eigenvalue weighted by Gasteiger charge is 2.09. The summed E-state index contributed by atoms with van der Waals surface area (Å²) in [5.41, 5.74) is 2.18. The topological polar surface area (TPSA) is 59.7 Å². The number of fused-ring (bicyclic) bond motifs is 1. The number of aromatic nitrogens is 2. The Labute approximate surface area is 171 Å². The van der Waals surface area contributed by atoms with Gasteiger partial charge in [-0.05, 0) is 37.3 Å². The van der Waals surface area contributed by atoms with Gasteiger partial charge in [-0.25, -0.2) is 4.98 Å². The summed E-state index contributed by atoms with van der Waals surface area (Å²) >= 11 is 3.39. The average Bonchev–Trinajstić information content (AvgIpc) is 2.67. The normalized spacial score (nSPS) is 11.1. The van der Waals surface area contributed by atoms with Gasteiger partial charge in [-0.1, -0.05) is 28.6 Å². The van der Waals surface area contributed by atoms with Crippen LogP contribution in [0.2, 0.25) is 0 Å². The molecule has 0 amide bonds. The van der Waals surface area contributed by atoms with Crippen molar-refractivity contribution < 1.29 is 4.74 Å². The van der Waals surface area contributed by atoms with Gasteiger partial charge in [0.25, 0.3) is 5.56 Å². The molecular weight excluding hydrogens is 420 g/mol. The minimum atomic E-state index is -0.224. The van der Waals surface area contributed by atoms with Gasteiger partial charge in [0.05, 0.1) is 17.1 Å². The van der Waals surface area contributed by atoms with Crippen LogP contribution in [-0.4, -0.2) is 36.6 Å². The molecule has 0 bridgehead atoms. The third-order valence-electron chi connectivity index (χ3n) is 4.15. The summed E-state index contributed by atoms with van der Waals surface area (Å²) < 4.78 is 7.88. The molecule has 0 atom stereocenters. The van der Waals surface area contributed by atoms with E-state index in [0.29, 0.717) is 29.1 Å². The van der Waals surface area contributed by atoms with E-state index >= 15 is 0 Å². The van der Waals surface area contributed by atoms with E-state index in [0.717, 1.165) is 15.7 Å². The summed E-state index contributed by atoms with van der Waals surface area (Å²) in [6, 6.07) is 11.2. The summed E-state index contributed by atoms with van der Waals surface area (Å²) in [6.07, 6.45) is 3.29. The highest BCUT2D eigenvalue weighted by atomic mass is 79.9. The molecule has 7 heteroatoms. The third-order valence-corrected chi connectivity index (χ3v) is 4.65. The lowest BCUT2D eigenvalue weighted by molar-refractivity contribution is 0.363. The fraction of sp³-hybridized carbons (Fsp3) is 0.190. The monoisotopic (exact) mass is 440 g/mol. The number of ether oxygens (including phenoxy) is 1. The van der Waals surface area contributed by atoms with E-state index in [4.69, 9.17) is 4.74 Å². The number of aryl methyl sites for hydroxylation is 1. The van der Waals surface area contributed by atoms with E-state index < -0.39 is 0 Å². The van der Waals surface area contributed by atoms with Crippen molar-refractivity contribution in [3.8, 4) is 5.75 Å². The number of hydrogen-bond donors (Lipinski definition) is 0. The Bertz CT molecular complexity index is 1120. The van der Waals surface area contributed by atoms with E-state index in [1.165, 1.54) is 4.68 Å². The molecule has 0 unspecified atom stereocenters. The second kappa shape index (κ2) is 8.39. The van der Waals surface area contributed by atoms with Crippen LogP contribution < -0.4 is 15.2 Å². The molecule has 0 spiro atoms. The summed E-state index contributed by atoms with van der Waals surface area (Å²) in [7, 11) is 3.92. The lowest BCUT2D eigenvalue weighted by atomic mass is 10.2. The van der Waals surface area contributed by atoms with E-state index in [1.807, 2.05) is 49.3 Å². The zero-order valence-corrected chi connectivity index (χ0v) is 17.6. The second-order valence-corrected chi connectivity index (χ2v) is 7.31. The van der Waals surface area contributed by atoms with Gasteiger partial charge in [-0.2, -0.15) is 9.78 Å².